The highest BCUT2D eigenvalue weighted by Crippen LogP contribution is 2.33. The summed E-state index contributed by atoms with van der Waals surface area (Å²) in [6.07, 6.45) is 4.22. The van der Waals surface area contributed by atoms with Gasteiger partial charge in [-0.1, -0.05) is 26.7 Å². The normalized spacial score (nSPS) is 15.7. The Kier molecular flexibility index (Phi) is 6.01. The summed E-state index contributed by atoms with van der Waals surface area (Å²) in [7, 11) is 0. The summed E-state index contributed by atoms with van der Waals surface area (Å²) >= 11 is 0. The van der Waals surface area contributed by atoms with Gasteiger partial charge in [0.15, 0.2) is 11.5 Å². The summed E-state index contributed by atoms with van der Waals surface area (Å²) in [5.41, 5.74) is 0.578. The van der Waals surface area contributed by atoms with Crippen molar-refractivity contribution in [3.05, 3.63) is 23.8 Å². The predicted molar refractivity (Wildman–Crippen MR) is 98.4 cm³/mol. The largest absolute Gasteiger partial charge is 0.454 e. The van der Waals surface area contributed by atoms with Crippen LogP contribution in [0.4, 0.5) is 0 Å². The van der Waals surface area contributed by atoms with Crippen molar-refractivity contribution < 1.29 is 19.1 Å². The van der Waals surface area contributed by atoms with Gasteiger partial charge in [-0.2, -0.15) is 0 Å². The lowest BCUT2D eigenvalue weighted by Crippen LogP contribution is -2.56. The number of ether oxygens (including phenoxy) is 2. The maximum atomic E-state index is 12.7. The van der Waals surface area contributed by atoms with Gasteiger partial charge in [0.05, 0.1) is 5.92 Å². The van der Waals surface area contributed by atoms with Crippen LogP contribution in [0.25, 0.3) is 0 Å². The molecular formula is C20H28N2O4. The number of unbranched alkanes of at least 4 members (excludes halogenated alkanes) is 2. The molecule has 2 heterocycles. The van der Waals surface area contributed by atoms with Crippen LogP contribution in [0.1, 0.15) is 49.9 Å². The van der Waals surface area contributed by atoms with Crippen molar-refractivity contribution in [2.45, 2.75) is 39.5 Å². The lowest BCUT2D eigenvalue weighted by Gasteiger charge is -2.40. The first-order chi connectivity index (χ1) is 12.6. The Hall–Kier alpha value is -2.24. The van der Waals surface area contributed by atoms with E-state index in [9.17, 15) is 9.59 Å². The molecule has 1 aromatic rings. The van der Waals surface area contributed by atoms with E-state index >= 15 is 0 Å². The zero-order chi connectivity index (χ0) is 18.5. The average molecular weight is 360 g/mol. The number of hydrogen-bond acceptors (Lipinski definition) is 4. The standard InChI is InChI=1S/C20H28N2O4/c1-3-5-9-21(10-6-4-2)20(24)16-12-22(13-16)19(23)15-7-8-17-18(11-15)26-14-25-17/h7-8,11,16H,3-6,9-10,12-14H2,1-2H3. The first kappa shape index (κ1) is 18.5. The van der Waals surface area contributed by atoms with Gasteiger partial charge in [-0.25, -0.2) is 0 Å². The highest BCUT2D eigenvalue weighted by Gasteiger charge is 2.38. The third-order valence-electron chi connectivity index (χ3n) is 5.01. The molecule has 0 aromatic heterocycles. The number of likely N-dealkylation sites (tertiary alicyclic amines) is 1. The van der Waals surface area contributed by atoms with Gasteiger partial charge < -0.3 is 19.3 Å². The fourth-order valence-electron chi connectivity index (χ4n) is 3.30. The Labute approximate surface area is 155 Å². The minimum absolute atomic E-state index is 0.0546. The number of hydrogen-bond donors (Lipinski definition) is 0. The fraction of sp³-hybridized carbons (Fsp3) is 0.600. The predicted octanol–water partition coefficient (Wildman–Crippen LogP) is 2.92. The van der Waals surface area contributed by atoms with Gasteiger partial charge in [0.1, 0.15) is 0 Å². The number of nitrogens with zero attached hydrogens (tertiary/aromatic N) is 2. The van der Waals surface area contributed by atoms with Crippen molar-refractivity contribution in [2.75, 3.05) is 33.0 Å². The monoisotopic (exact) mass is 360 g/mol. The molecule has 142 valence electrons. The van der Waals surface area contributed by atoms with Crippen LogP contribution in [0, 0.1) is 5.92 Å². The van der Waals surface area contributed by atoms with Crippen molar-refractivity contribution in [1.29, 1.82) is 0 Å². The highest BCUT2D eigenvalue weighted by molar-refractivity contribution is 5.96. The van der Waals surface area contributed by atoms with E-state index in [1.54, 1.807) is 23.1 Å². The summed E-state index contributed by atoms with van der Waals surface area (Å²) in [5, 5.41) is 0. The van der Waals surface area contributed by atoms with E-state index in [-0.39, 0.29) is 24.5 Å². The average Bonchev–Trinajstić information content (AvgIpc) is 3.08. The molecule has 0 atom stereocenters. The molecule has 1 aromatic carbocycles. The highest BCUT2D eigenvalue weighted by atomic mass is 16.7. The smallest absolute Gasteiger partial charge is 0.254 e. The molecule has 2 aliphatic rings. The molecule has 0 bridgehead atoms. The molecule has 0 spiro atoms. The number of rotatable bonds is 8. The zero-order valence-electron chi connectivity index (χ0n) is 15.7. The molecule has 0 unspecified atom stereocenters. The van der Waals surface area contributed by atoms with Gasteiger partial charge in [-0.15, -0.1) is 0 Å². The summed E-state index contributed by atoms with van der Waals surface area (Å²) in [6.45, 7) is 7.11. The molecule has 0 radical (unpaired) electrons. The van der Waals surface area contributed by atoms with E-state index in [1.165, 1.54) is 0 Å². The molecule has 1 fully saturated rings. The number of carbonyl (C=O) groups excluding carboxylic acids is 2. The summed E-state index contributed by atoms with van der Waals surface area (Å²) in [4.78, 5) is 29.1. The van der Waals surface area contributed by atoms with Crippen LogP contribution in [0.5, 0.6) is 11.5 Å². The van der Waals surface area contributed by atoms with E-state index in [2.05, 4.69) is 13.8 Å². The third kappa shape index (κ3) is 3.94. The van der Waals surface area contributed by atoms with Gasteiger partial charge in [-0.05, 0) is 31.0 Å². The van der Waals surface area contributed by atoms with Crippen molar-refractivity contribution in [1.82, 2.24) is 9.80 Å². The van der Waals surface area contributed by atoms with Gasteiger partial charge >= 0.3 is 0 Å². The Morgan fingerprint density at radius 3 is 2.38 bits per heavy atom. The summed E-state index contributed by atoms with van der Waals surface area (Å²) in [6, 6.07) is 5.23. The maximum absolute atomic E-state index is 12.7. The molecule has 0 aliphatic carbocycles. The summed E-state index contributed by atoms with van der Waals surface area (Å²) in [5.74, 6) is 1.35. The van der Waals surface area contributed by atoms with Gasteiger partial charge in [0.2, 0.25) is 12.7 Å². The van der Waals surface area contributed by atoms with E-state index in [0.717, 1.165) is 38.8 Å². The second kappa shape index (κ2) is 8.43. The number of benzene rings is 1. The molecule has 2 aliphatic heterocycles. The number of fused-ring (bicyclic) bond motifs is 1. The number of amides is 2. The SMILES string of the molecule is CCCCN(CCCC)C(=O)C1CN(C(=O)c2ccc3c(c2)OCO3)C1. The molecule has 6 heteroatoms. The Balaban J connectivity index is 1.55. The second-order valence-corrected chi connectivity index (χ2v) is 7.01. The third-order valence-corrected chi connectivity index (χ3v) is 5.01. The van der Waals surface area contributed by atoms with E-state index in [1.807, 2.05) is 4.90 Å². The van der Waals surface area contributed by atoms with Crippen molar-refractivity contribution in [3.8, 4) is 11.5 Å². The van der Waals surface area contributed by atoms with Crippen molar-refractivity contribution >= 4 is 11.8 Å². The van der Waals surface area contributed by atoms with E-state index in [4.69, 9.17) is 9.47 Å². The zero-order valence-corrected chi connectivity index (χ0v) is 15.7. The topological polar surface area (TPSA) is 59.1 Å². The first-order valence-electron chi connectivity index (χ1n) is 9.61. The molecule has 3 rings (SSSR count). The van der Waals surface area contributed by atoms with E-state index < -0.39 is 0 Å². The Morgan fingerprint density at radius 2 is 1.73 bits per heavy atom. The molecule has 6 nitrogen and oxygen atoms in total. The fourth-order valence-corrected chi connectivity index (χ4v) is 3.30. The van der Waals surface area contributed by atoms with Crippen LogP contribution in [-0.4, -0.2) is 54.6 Å². The number of carbonyl (C=O) groups is 2. The molecule has 0 N–H and O–H groups in total. The maximum Gasteiger partial charge on any atom is 0.254 e. The van der Waals surface area contributed by atoms with Gasteiger partial charge in [-0.3, -0.25) is 9.59 Å². The van der Waals surface area contributed by atoms with E-state index in [0.29, 0.717) is 30.2 Å². The van der Waals surface area contributed by atoms with Gasteiger partial charge in [0, 0.05) is 31.7 Å². The lowest BCUT2D eigenvalue weighted by molar-refractivity contribution is -0.140. The molecule has 26 heavy (non-hydrogen) atoms. The minimum Gasteiger partial charge on any atom is -0.454 e. The van der Waals surface area contributed by atoms with Crippen LogP contribution < -0.4 is 9.47 Å². The second-order valence-electron chi connectivity index (χ2n) is 7.01. The summed E-state index contributed by atoms with van der Waals surface area (Å²) < 4.78 is 10.6. The molecule has 2 amide bonds. The van der Waals surface area contributed by atoms with Crippen molar-refractivity contribution in [3.63, 3.8) is 0 Å². The molecule has 1 saturated heterocycles. The molecular weight excluding hydrogens is 332 g/mol. The van der Waals surface area contributed by atoms with Crippen molar-refractivity contribution in [2.24, 2.45) is 5.92 Å². The minimum atomic E-state index is -0.0679. The Morgan fingerprint density at radius 1 is 1.08 bits per heavy atom. The van der Waals surface area contributed by atoms with Crippen LogP contribution in [0.15, 0.2) is 18.2 Å². The Bertz CT molecular complexity index is 647. The van der Waals surface area contributed by atoms with Gasteiger partial charge in [0.25, 0.3) is 5.91 Å². The lowest BCUT2D eigenvalue weighted by atomic mass is 9.96. The quantitative estimate of drug-likeness (QED) is 0.715. The van der Waals surface area contributed by atoms with Crippen LogP contribution in [0.3, 0.4) is 0 Å². The van der Waals surface area contributed by atoms with Crippen LogP contribution in [0.2, 0.25) is 0 Å². The van der Waals surface area contributed by atoms with Crippen LogP contribution in [-0.2, 0) is 4.79 Å². The van der Waals surface area contributed by atoms with Crippen LogP contribution >= 0.6 is 0 Å². The molecule has 0 saturated carbocycles. The first-order valence-corrected chi connectivity index (χ1v) is 9.61.